The standard InChI is InChI=1S/C13H19N3O2/c1-9(2)14-12-6-5-7-13(15-12)16(11(4)18)8-10(3)17/h5-7,9H,8H2,1-4H3,(H,14,15). The van der Waals surface area contributed by atoms with E-state index in [9.17, 15) is 9.59 Å². The van der Waals surface area contributed by atoms with Crippen molar-refractivity contribution in [2.45, 2.75) is 33.7 Å². The Labute approximate surface area is 107 Å². The van der Waals surface area contributed by atoms with Crippen LogP contribution in [-0.4, -0.2) is 29.3 Å². The summed E-state index contributed by atoms with van der Waals surface area (Å²) in [5, 5.41) is 3.16. The van der Waals surface area contributed by atoms with Gasteiger partial charge in [-0.05, 0) is 32.9 Å². The zero-order chi connectivity index (χ0) is 13.7. The van der Waals surface area contributed by atoms with Gasteiger partial charge in [-0.15, -0.1) is 0 Å². The number of anilines is 2. The van der Waals surface area contributed by atoms with Gasteiger partial charge in [0.25, 0.3) is 0 Å². The highest BCUT2D eigenvalue weighted by Crippen LogP contribution is 2.15. The predicted octanol–water partition coefficient (Wildman–Crippen LogP) is 1.84. The van der Waals surface area contributed by atoms with Crippen LogP contribution in [0, 0.1) is 0 Å². The summed E-state index contributed by atoms with van der Waals surface area (Å²) in [5.74, 6) is 0.911. The third-order valence-corrected chi connectivity index (χ3v) is 2.21. The lowest BCUT2D eigenvalue weighted by molar-refractivity contribution is -0.120. The topological polar surface area (TPSA) is 62.3 Å². The third kappa shape index (κ3) is 4.16. The number of Topliss-reactive ketones (excluding diaryl/α,β-unsaturated/α-hetero) is 1. The van der Waals surface area contributed by atoms with Crippen LogP contribution in [0.1, 0.15) is 27.7 Å². The van der Waals surface area contributed by atoms with Crippen LogP contribution in [0.15, 0.2) is 18.2 Å². The molecule has 5 heteroatoms. The molecule has 0 saturated carbocycles. The van der Waals surface area contributed by atoms with Gasteiger partial charge in [0.15, 0.2) is 0 Å². The van der Waals surface area contributed by atoms with Crippen LogP contribution in [0.4, 0.5) is 11.6 Å². The van der Waals surface area contributed by atoms with Crippen molar-refractivity contribution in [3.8, 4) is 0 Å². The Morgan fingerprint density at radius 3 is 2.50 bits per heavy atom. The molecule has 1 aromatic rings. The van der Waals surface area contributed by atoms with Gasteiger partial charge in [-0.1, -0.05) is 6.07 Å². The van der Waals surface area contributed by atoms with E-state index in [1.807, 2.05) is 26.0 Å². The van der Waals surface area contributed by atoms with Crippen LogP contribution in [0.5, 0.6) is 0 Å². The van der Waals surface area contributed by atoms with Gasteiger partial charge in [0.2, 0.25) is 5.91 Å². The smallest absolute Gasteiger partial charge is 0.225 e. The van der Waals surface area contributed by atoms with E-state index in [0.29, 0.717) is 11.6 Å². The monoisotopic (exact) mass is 249 g/mol. The minimum atomic E-state index is -0.195. The Kier molecular flexibility index (Phi) is 4.83. The SMILES string of the molecule is CC(=O)CN(C(C)=O)c1cccc(NC(C)C)n1. The maximum absolute atomic E-state index is 11.5. The molecule has 18 heavy (non-hydrogen) atoms. The zero-order valence-corrected chi connectivity index (χ0v) is 11.2. The summed E-state index contributed by atoms with van der Waals surface area (Å²) >= 11 is 0. The molecule has 0 aliphatic heterocycles. The van der Waals surface area contributed by atoms with Crippen LogP contribution in [0.25, 0.3) is 0 Å². The lowest BCUT2D eigenvalue weighted by Gasteiger charge is -2.19. The first-order chi connectivity index (χ1) is 8.40. The van der Waals surface area contributed by atoms with Crippen LogP contribution in [0.3, 0.4) is 0 Å². The first-order valence-electron chi connectivity index (χ1n) is 5.91. The number of hydrogen-bond acceptors (Lipinski definition) is 4. The number of nitrogens with one attached hydrogen (secondary N) is 1. The van der Waals surface area contributed by atoms with Crippen LogP contribution in [-0.2, 0) is 9.59 Å². The number of carbonyl (C=O) groups is 2. The maximum atomic E-state index is 11.5. The Bertz CT molecular complexity index is 444. The van der Waals surface area contributed by atoms with Crippen molar-refractivity contribution in [3.63, 3.8) is 0 Å². The van der Waals surface area contributed by atoms with E-state index in [1.165, 1.54) is 18.7 Å². The molecule has 1 rings (SSSR count). The lowest BCUT2D eigenvalue weighted by atomic mass is 10.3. The molecule has 1 N–H and O–H groups in total. The number of hydrogen-bond donors (Lipinski definition) is 1. The van der Waals surface area contributed by atoms with Gasteiger partial charge in [-0.3, -0.25) is 14.5 Å². The number of aromatic nitrogens is 1. The summed E-state index contributed by atoms with van der Waals surface area (Å²) in [7, 11) is 0. The second-order valence-electron chi connectivity index (χ2n) is 4.49. The molecular weight excluding hydrogens is 230 g/mol. The fraction of sp³-hybridized carbons (Fsp3) is 0.462. The van der Waals surface area contributed by atoms with Crippen molar-refractivity contribution in [1.29, 1.82) is 0 Å². The average molecular weight is 249 g/mol. The number of pyridine rings is 1. The third-order valence-electron chi connectivity index (χ3n) is 2.21. The first-order valence-corrected chi connectivity index (χ1v) is 5.91. The molecule has 0 saturated heterocycles. The summed E-state index contributed by atoms with van der Waals surface area (Å²) in [6, 6.07) is 5.61. The van der Waals surface area contributed by atoms with Gasteiger partial charge in [0, 0.05) is 13.0 Å². The van der Waals surface area contributed by atoms with E-state index >= 15 is 0 Å². The Balaban J connectivity index is 2.97. The average Bonchev–Trinajstić information content (AvgIpc) is 2.24. The minimum absolute atomic E-state index is 0.0491. The van der Waals surface area contributed by atoms with Gasteiger partial charge in [0.1, 0.15) is 17.4 Å². The van der Waals surface area contributed by atoms with Gasteiger partial charge < -0.3 is 5.32 Å². The number of rotatable bonds is 5. The Hall–Kier alpha value is -1.91. The first kappa shape index (κ1) is 14.2. The number of ketones is 1. The normalized spacial score (nSPS) is 10.3. The lowest BCUT2D eigenvalue weighted by Crippen LogP contribution is -2.33. The fourth-order valence-electron chi connectivity index (χ4n) is 1.53. The molecule has 0 bridgehead atoms. The molecule has 0 fully saturated rings. The van der Waals surface area contributed by atoms with E-state index in [-0.39, 0.29) is 24.3 Å². The number of carbonyl (C=O) groups excluding carboxylic acids is 2. The quantitative estimate of drug-likeness (QED) is 0.865. The molecular formula is C13H19N3O2. The second kappa shape index (κ2) is 6.14. The van der Waals surface area contributed by atoms with Gasteiger partial charge in [-0.2, -0.15) is 0 Å². The van der Waals surface area contributed by atoms with Crippen molar-refractivity contribution in [2.75, 3.05) is 16.8 Å². The highest BCUT2D eigenvalue weighted by Gasteiger charge is 2.15. The Morgan fingerprint density at radius 1 is 1.33 bits per heavy atom. The summed E-state index contributed by atoms with van der Waals surface area (Å²) in [6.45, 7) is 6.94. The molecule has 0 aliphatic carbocycles. The van der Waals surface area contributed by atoms with Crippen LogP contribution >= 0.6 is 0 Å². The van der Waals surface area contributed by atoms with E-state index in [0.717, 1.165) is 0 Å². The van der Waals surface area contributed by atoms with E-state index in [1.54, 1.807) is 6.07 Å². The second-order valence-corrected chi connectivity index (χ2v) is 4.49. The van der Waals surface area contributed by atoms with Crippen molar-refractivity contribution in [2.24, 2.45) is 0 Å². The summed E-state index contributed by atoms with van der Waals surface area (Å²) in [4.78, 5) is 28.4. The van der Waals surface area contributed by atoms with Gasteiger partial charge in [-0.25, -0.2) is 4.98 Å². The van der Waals surface area contributed by atoms with Gasteiger partial charge >= 0.3 is 0 Å². The molecule has 0 radical (unpaired) electrons. The number of nitrogens with zero attached hydrogens (tertiary/aromatic N) is 2. The van der Waals surface area contributed by atoms with Crippen molar-refractivity contribution in [1.82, 2.24) is 4.98 Å². The van der Waals surface area contributed by atoms with Crippen molar-refractivity contribution >= 4 is 23.3 Å². The minimum Gasteiger partial charge on any atom is -0.368 e. The van der Waals surface area contributed by atoms with Crippen molar-refractivity contribution in [3.05, 3.63) is 18.2 Å². The Morgan fingerprint density at radius 2 is 2.00 bits per heavy atom. The van der Waals surface area contributed by atoms with E-state index in [4.69, 9.17) is 0 Å². The molecule has 1 aromatic heterocycles. The maximum Gasteiger partial charge on any atom is 0.225 e. The molecule has 0 unspecified atom stereocenters. The molecule has 1 amide bonds. The molecule has 98 valence electrons. The summed E-state index contributed by atoms with van der Waals surface area (Å²) in [6.07, 6.45) is 0. The molecule has 0 spiro atoms. The molecule has 0 aromatic carbocycles. The van der Waals surface area contributed by atoms with Crippen LogP contribution < -0.4 is 10.2 Å². The largest absolute Gasteiger partial charge is 0.368 e. The molecule has 0 aliphatic rings. The van der Waals surface area contributed by atoms with E-state index in [2.05, 4.69) is 10.3 Å². The highest BCUT2D eigenvalue weighted by molar-refractivity contribution is 5.96. The molecule has 1 heterocycles. The molecule has 5 nitrogen and oxygen atoms in total. The van der Waals surface area contributed by atoms with E-state index < -0.39 is 0 Å². The van der Waals surface area contributed by atoms with Gasteiger partial charge in [0.05, 0.1) is 6.54 Å². The number of amides is 1. The summed E-state index contributed by atoms with van der Waals surface area (Å²) in [5.41, 5.74) is 0. The fourth-order valence-corrected chi connectivity index (χ4v) is 1.53. The highest BCUT2D eigenvalue weighted by atomic mass is 16.2. The van der Waals surface area contributed by atoms with Crippen LogP contribution in [0.2, 0.25) is 0 Å². The zero-order valence-electron chi connectivity index (χ0n) is 11.2. The summed E-state index contributed by atoms with van der Waals surface area (Å²) < 4.78 is 0. The molecule has 0 atom stereocenters. The van der Waals surface area contributed by atoms with Crippen molar-refractivity contribution < 1.29 is 9.59 Å². The predicted molar refractivity (Wildman–Crippen MR) is 71.7 cm³/mol.